The zero-order valence-corrected chi connectivity index (χ0v) is 16.5. The number of halogens is 1. The maximum absolute atomic E-state index is 11.6. The Morgan fingerprint density at radius 3 is 2.39 bits per heavy atom. The SMILES string of the molecule is C=C(C=C(C)Cl)c1ccc(CC(CC(O)C(=O)OCC)NC(=O)C(=O)O)cc1. The molecule has 1 aromatic carbocycles. The van der Waals surface area contributed by atoms with Crippen LogP contribution in [0.15, 0.2) is 42.0 Å². The Labute approximate surface area is 168 Å². The molecule has 0 fully saturated rings. The molecular formula is C20H24ClNO6. The van der Waals surface area contributed by atoms with E-state index in [9.17, 15) is 19.5 Å². The second-order valence-electron chi connectivity index (χ2n) is 6.14. The lowest BCUT2D eigenvalue weighted by atomic mass is 9.98. The van der Waals surface area contributed by atoms with Gasteiger partial charge in [0.25, 0.3) is 0 Å². The van der Waals surface area contributed by atoms with Crippen molar-refractivity contribution < 1.29 is 29.3 Å². The van der Waals surface area contributed by atoms with Crippen molar-refractivity contribution in [3.8, 4) is 0 Å². The molecule has 0 aromatic heterocycles. The van der Waals surface area contributed by atoms with Gasteiger partial charge in [-0.1, -0.05) is 42.4 Å². The van der Waals surface area contributed by atoms with Gasteiger partial charge < -0.3 is 20.3 Å². The third-order valence-corrected chi connectivity index (χ3v) is 3.88. The molecule has 3 N–H and O–H groups in total. The Morgan fingerprint density at radius 1 is 1.29 bits per heavy atom. The summed E-state index contributed by atoms with van der Waals surface area (Å²) in [4.78, 5) is 34.0. The third kappa shape index (κ3) is 7.94. The molecule has 152 valence electrons. The Hall–Kier alpha value is -2.64. The predicted molar refractivity (Wildman–Crippen MR) is 106 cm³/mol. The van der Waals surface area contributed by atoms with Crippen LogP contribution in [0.5, 0.6) is 0 Å². The molecular weight excluding hydrogens is 386 g/mol. The number of rotatable bonds is 9. The molecule has 0 aliphatic rings. The summed E-state index contributed by atoms with van der Waals surface area (Å²) in [5, 5.41) is 21.6. The number of esters is 1. The molecule has 2 atom stereocenters. The van der Waals surface area contributed by atoms with Crippen molar-refractivity contribution in [2.24, 2.45) is 0 Å². The van der Waals surface area contributed by atoms with Crippen LogP contribution in [0.2, 0.25) is 0 Å². The first-order valence-corrected chi connectivity index (χ1v) is 9.02. The monoisotopic (exact) mass is 409 g/mol. The number of aliphatic hydroxyl groups excluding tert-OH is 1. The molecule has 0 aliphatic carbocycles. The van der Waals surface area contributed by atoms with E-state index in [1.807, 2.05) is 12.1 Å². The van der Waals surface area contributed by atoms with E-state index in [1.54, 1.807) is 32.1 Å². The number of benzene rings is 1. The van der Waals surface area contributed by atoms with Crippen LogP contribution in [-0.4, -0.2) is 46.8 Å². The molecule has 0 saturated carbocycles. The lowest BCUT2D eigenvalue weighted by Gasteiger charge is -2.20. The van der Waals surface area contributed by atoms with Gasteiger partial charge in [0, 0.05) is 17.5 Å². The van der Waals surface area contributed by atoms with Crippen LogP contribution < -0.4 is 5.32 Å². The molecule has 7 nitrogen and oxygen atoms in total. The number of ether oxygens (including phenoxy) is 1. The summed E-state index contributed by atoms with van der Waals surface area (Å²) in [6, 6.07) is 6.42. The van der Waals surface area contributed by atoms with Crippen LogP contribution in [0.1, 0.15) is 31.4 Å². The molecule has 1 rings (SSSR count). The number of amides is 1. The number of hydrogen-bond donors (Lipinski definition) is 3. The van der Waals surface area contributed by atoms with Gasteiger partial charge in [-0.3, -0.25) is 4.79 Å². The molecule has 1 amide bonds. The number of carbonyl (C=O) groups excluding carboxylic acids is 2. The molecule has 1 aromatic rings. The van der Waals surface area contributed by atoms with Crippen molar-refractivity contribution in [3.05, 3.63) is 53.1 Å². The highest BCUT2D eigenvalue weighted by atomic mass is 35.5. The van der Waals surface area contributed by atoms with Gasteiger partial charge in [-0.15, -0.1) is 0 Å². The summed E-state index contributed by atoms with van der Waals surface area (Å²) in [5.41, 5.74) is 2.35. The number of hydrogen-bond acceptors (Lipinski definition) is 5. The third-order valence-electron chi connectivity index (χ3n) is 3.78. The molecule has 0 bridgehead atoms. The maximum Gasteiger partial charge on any atom is 0.394 e. The van der Waals surface area contributed by atoms with Crippen LogP contribution in [0.3, 0.4) is 0 Å². The Kier molecular flexibility index (Phi) is 9.41. The van der Waals surface area contributed by atoms with Crippen molar-refractivity contribution in [2.75, 3.05) is 6.61 Å². The van der Waals surface area contributed by atoms with E-state index in [1.165, 1.54) is 0 Å². The van der Waals surface area contributed by atoms with E-state index in [4.69, 9.17) is 21.4 Å². The lowest BCUT2D eigenvalue weighted by molar-refractivity contribution is -0.154. The quantitative estimate of drug-likeness (QED) is 0.327. The number of carboxylic acid groups (broad SMARTS) is 1. The van der Waals surface area contributed by atoms with E-state index >= 15 is 0 Å². The topological polar surface area (TPSA) is 113 Å². The van der Waals surface area contributed by atoms with E-state index < -0.39 is 30.0 Å². The molecule has 8 heteroatoms. The average molecular weight is 410 g/mol. The minimum absolute atomic E-state index is 0.101. The summed E-state index contributed by atoms with van der Waals surface area (Å²) in [7, 11) is 0. The first-order valence-electron chi connectivity index (χ1n) is 8.64. The summed E-state index contributed by atoms with van der Waals surface area (Å²) >= 11 is 5.84. The van der Waals surface area contributed by atoms with Crippen molar-refractivity contribution in [1.82, 2.24) is 5.32 Å². The van der Waals surface area contributed by atoms with Crippen LogP contribution in [0, 0.1) is 0 Å². The minimum Gasteiger partial charge on any atom is -0.474 e. The lowest BCUT2D eigenvalue weighted by Crippen LogP contribution is -2.43. The number of carbonyl (C=O) groups is 3. The minimum atomic E-state index is -1.65. The second kappa shape index (κ2) is 11.3. The van der Waals surface area contributed by atoms with Gasteiger partial charge in [-0.25, -0.2) is 9.59 Å². The molecule has 2 unspecified atom stereocenters. The highest BCUT2D eigenvalue weighted by Crippen LogP contribution is 2.19. The first-order chi connectivity index (χ1) is 13.1. The zero-order chi connectivity index (χ0) is 21.3. The maximum atomic E-state index is 11.6. The van der Waals surface area contributed by atoms with Crippen molar-refractivity contribution >= 4 is 35.0 Å². The molecule has 0 spiro atoms. The van der Waals surface area contributed by atoms with Gasteiger partial charge in [0.15, 0.2) is 6.10 Å². The van der Waals surface area contributed by atoms with Crippen LogP contribution in [-0.2, 0) is 25.5 Å². The Bertz CT molecular complexity index is 752. The summed E-state index contributed by atoms with van der Waals surface area (Å²) in [5.74, 6) is -3.69. The van der Waals surface area contributed by atoms with Crippen LogP contribution in [0.4, 0.5) is 0 Å². The smallest absolute Gasteiger partial charge is 0.394 e. The number of aliphatic hydroxyl groups is 1. The molecule has 28 heavy (non-hydrogen) atoms. The van der Waals surface area contributed by atoms with Crippen molar-refractivity contribution in [2.45, 2.75) is 38.8 Å². The molecule has 0 radical (unpaired) electrons. The second-order valence-corrected chi connectivity index (χ2v) is 6.73. The van der Waals surface area contributed by atoms with Gasteiger partial charge in [-0.2, -0.15) is 0 Å². The molecule has 0 saturated heterocycles. The van der Waals surface area contributed by atoms with Gasteiger partial charge in [-0.05, 0) is 43.0 Å². The fourth-order valence-corrected chi connectivity index (χ4v) is 2.64. The number of allylic oxidation sites excluding steroid dienone is 3. The Morgan fingerprint density at radius 2 is 1.89 bits per heavy atom. The highest BCUT2D eigenvalue weighted by Gasteiger charge is 2.25. The first kappa shape index (κ1) is 23.4. The fourth-order valence-electron chi connectivity index (χ4n) is 2.51. The standard InChI is InChI=1S/C20H24ClNO6/c1-4-28-20(27)17(23)11-16(22-18(24)19(25)26)10-14-5-7-15(8-6-14)12(2)9-13(3)21/h5-9,16-17,23H,2,4,10-11H2,1,3H3,(H,22,24)(H,25,26). The van der Waals surface area contributed by atoms with Crippen LogP contribution in [0.25, 0.3) is 5.57 Å². The van der Waals surface area contributed by atoms with Crippen molar-refractivity contribution in [1.29, 1.82) is 0 Å². The Balaban J connectivity index is 2.91. The molecule has 0 aliphatic heterocycles. The number of nitrogens with one attached hydrogen (secondary N) is 1. The van der Waals surface area contributed by atoms with E-state index in [0.717, 1.165) is 16.7 Å². The van der Waals surface area contributed by atoms with E-state index in [-0.39, 0.29) is 19.4 Å². The predicted octanol–water partition coefficient (Wildman–Crippen LogP) is 2.27. The summed E-state index contributed by atoms with van der Waals surface area (Å²) in [6.45, 7) is 7.37. The highest BCUT2D eigenvalue weighted by molar-refractivity contribution is 6.31. The largest absolute Gasteiger partial charge is 0.474 e. The van der Waals surface area contributed by atoms with Gasteiger partial charge in [0.1, 0.15) is 0 Å². The average Bonchev–Trinajstić information content (AvgIpc) is 2.61. The summed E-state index contributed by atoms with van der Waals surface area (Å²) < 4.78 is 4.74. The number of aliphatic carboxylic acids is 1. The molecule has 0 heterocycles. The van der Waals surface area contributed by atoms with E-state index in [2.05, 4.69) is 11.9 Å². The summed E-state index contributed by atoms with van der Waals surface area (Å²) in [6.07, 6.45) is 0.282. The van der Waals surface area contributed by atoms with E-state index in [0.29, 0.717) is 5.03 Å². The van der Waals surface area contributed by atoms with Gasteiger partial charge >= 0.3 is 17.8 Å². The van der Waals surface area contributed by atoms with Crippen molar-refractivity contribution in [3.63, 3.8) is 0 Å². The van der Waals surface area contributed by atoms with Gasteiger partial charge in [0.05, 0.1) is 6.61 Å². The van der Waals surface area contributed by atoms with Gasteiger partial charge in [0.2, 0.25) is 0 Å². The van der Waals surface area contributed by atoms with Crippen LogP contribution >= 0.6 is 11.6 Å². The zero-order valence-electron chi connectivity index (χ0n) is 15.8. The number of carboxylic acids is 1. The fraction of sp³-hybridized carbons (Fsp3) is 0.350. The normalized spacial score (nSPS) is 13.4.